The number of rotatable bonds is 4. The fourth-order valence-corrected chi connectivity index (χ4v) is 2.80. The highest BCUT2D eigenvalue weighted by atomic mass is 14.9. The minimum Gasteiger partial charge on any atom is -0.316 e. The van der Waals surface area contributed by atoms with E-state index in [1.54, 1.807) is 0 Å². The van der Waals surface area contributed by atoms with Crippen LogP contribution in [0, 0.1) is 11.3 Å². The molecule has 0 aromatic carbocycles. The van der Waals surface area contributed by atoms with Crippen molar-refractivity contribution in [2.45, 2.75) is 45.4 Å². The molecule has 2 rings (SSSR count). The van der Waals surface area contributed by atoms with E-state index in [9.17, 15) is 0 Å². The van der Waals surface area contributed by atoms with Crippen molar-refractivity contribution in [3.63, 3.8) is 0 Å². The van der Waals surface area contributed by atoms with Gasteiger partial charge in [0.2, 0.25) is 0 Å². The predicted molar refractivity (Wildman–Crippen MR) is 52.2 cm³/mol. The summed E-state index contributed by atoms with van der Waals surface area (Å²) in [6.07, 6.45) is 9.04. The molecule has 0 aromatic heterocycles. The molecule has 0 unspecified atom stereocenters. The molecule has 12 heavy (non-hydrogen) atoms. The maximum Gasteiger partial charge on any atom is 0.00104 e. The summed E-state index contributed by atoms with van der Waals surface area (Å²) < 4.78 is 0. The van der Waals surface area contributed by atoms with Crippen LogP contribution in [0.1, 0.15) is 45.4 Å². The molecule has 0 aliphatic heterocycles. The highest BCUT2D eigenvalue weighted by Crippen LogP contribution is 2.56. The Hall–Kier alpha value is -0.0400. The summed E-state index contributed by atoms with van der Waals surface area (Å²) >= 11 is 0. The Bertz CT molecular complexity index is 143. The Morgan fingerprint density at radius 2 is 1.92 bits per heavy atom. The molecule has 0 aromatic rings. The Balaban J connectivity index is 1.83. The molecule has 2 aliphatic carbocycles. The molecule has 0 atom stereocenters. The lowest BCUT2D eigenvalue weighted by Crippen LogP contribution is -2.28. The smallest absolute Gasteiger partial charge is 0.00104 e. The summed E-state index contributed by atoms with van der Waals surface area (Å²) in [7, 11) is 0. The van der Waals surface area contributed by atoms with Crippen molar-refractivity contribution in [2.24, 2.45) is 11.3 Å². The summed E-state index contributed by atoms with van der Waals surface area (Å²) in [5.74, 6) is 1.08. The quantitative estimate of drug-likeness (QED) is 0.678. The SMILES string of the molecule is CCNCC1(C2CCCC2)CC1. The second kappa shape index (κ2) is 3.37. The first-order valence-corrected chi connectivity index (χ1v) is 5.58. The van der Waals surface area contributed by atoms with Gasteiger partial charge in [0, 0.05) is 6.54 Å². The summed E-state index contributed by atoms with van der Waals surface area (Å²) in [5.41, 5.74) is 0.770. The van der Waals surface area contributed by atoms with Gasteiger partial charge >= 0.3 is 0 Å². The molecule has 0 amide bonds. The van der Waals surface area contributed by atoms with Crippen molar-refractivity contribution in [3.05, 3.63) is 0 Å². The summed E-state index contributed by atoms with van der Waals surface area (Å²) in [4.78, 5) is 0. The van der Waals surface area contributed by atoms with Crippen LogP contribution >= 0.6 is 0 Å². The molecule has 70 valence electrons. The molecular formula is C11H21N. The molecule has 0 bridgehead atoms. The standard InChI is InChI=1S/C11H21N/c1-2-12-9-11(7-8-11)10-5-3-4-6-10/h10,12H,2-9H2,1H3. The minimum absolute atomic E-state index is 0.770. The van der Waals surface area contributed by atoms with E-state index in [0.29, 0.717) is 0 Å². The van der Waals surface area contributed by atoms with E-state index in [4.69, 9.17) is 0 Å². The molecule has 2 fully saturated rings. The Morgan fingerprint density at radius 3 is 2.42 bits per heavy atom. The number of hydrogen-bond acceptors (Lipinski definition) is 1. The van der Waals surface area contributed by atoms with Gasteiger partial charge in [0.1, 0.15) is 0 Å². The fraction of sp³-hybridized carbons (Fsp3) is 1.00. The van der Waals surface area contributed by atoms with Crippen LogP contribution in [-0.4, -0.2) is 13.1 Å². The molecule has 2 saturated carbocycles. The van der Waals surface area contributed by atoms with Crippen molar-refractivity contribution >= 4 is 0 Å². The third-order valence-electron chi connectivity index (χ3n) is 3.84. The van der Waals surface area contributed by atoms with E-state index in [-0.39, 0.29) is 0 Å². The van der Waals surface area contributed by atoms with E-state index < -0.39 is 0 Å². The first kappa shape index (κ1) is 8.55. The van der Waals surface area contributed by atoms with Gasteiger partial charge in [-0.2, -0.15) is 0 Å². The van der Waals surface area contributed by atoms with Gasteiger partial charge in [-0.05, 0) is 43.6 Å². The molecule has 1 nitrogen and oxygen atoms in total. The van der Waals surface area contributed by atoms with Crippen LogP contribution in [0.15, 0.2) is 0 Å². The lowest BCUT2D eigenvalue weighted by molar-refractivity contribution is 0.301. The van der Waals surface area contributed by atoms with E-state index in [2.05, 4.69) is 12.2 Å². The van der Waals surface area contributed by atoms with Gasteiger partial charge in [-0.15, -0.1) is 0 Å². The monoisotopic (exact) mass is 167 g/mol. The zero-order valence-corrected chi connectivity index (χ0v) is 8.23. The Kier molecular flexibility index (Phi) is 2.40. The average Bonchev–Trinajstić information content (AvgIpc) is 2.66. The largest absolute Gasteiger partial charge is 0.316 e. The van der Waals surface area contributed by atoms with Crippen molar-refractivity contribution in [1.82, 2.24) is 5.32 Å². The number of hydrogen-bond donors (Lipinski definition) is 1. The van der Waals surface area contributed by atoms with Gasteiger partial charge in [0.05, 0.1) is 0 Å². The van der Waals surface area contributed by atoms with Gasteiger partial charge in [0.25, 0.3) is 0 Å². The zero-order chi connectivity index (χ0) is 8.44. The lowest BCUT2D eigenvalue weighted by atomic mass is 9.87. The van der Waals surface area contributed by atoms with Crippen LogP contribution in [0.3, 0.4) is 0 Å². The Morgan fingerprint density at radius 1 is 1.25 bits per heavy atom. The normalized spacial score (nSPS) is 27.8. The first-order chi connectivity index (χ1) is 5.87. The second-order valence-electron chi connectivity index (χ2n) is 4.62. The summed E-state index contributed by atoms with van der Waals surface area (Å²) in [6, 6.07) is 0. The van der Waals surface area contributed by atoms with Crippen LogP contribution in [-0.2, 0) is 0 Å². The summed E-state index contributed by atoms with van der Waals surface area (Å²) in [5, 5.41) is 3.53. The van der Waals surface area contributed by atoms with Gasteiger partial charge in [-0.1, -0.05) is 19.8 Å². The van der Waals surface area contributed by atoms with Crippen molar-refractivity contribution in [2.75, 3.05) is 13.1 Å². The molecule has 1 N–H and O–H groups in total. The minimum atomic E-state index is 0.770. The molecule has 0 heterocycles. The second-order valence-corrected chi connectivity index (χ2v) is 4.62. The van der Waals surface area contributed by atoms with Gasteiger partial charge < -0.3 is 5.32 Å². The van der Waals surface area contributed by atoms with Crippen LogP contribution in [0.25, 0.3) is 0 Å². The van der Waals surface area contributed by atoms with Gasteiger partial charge in [-0.25, -0.2) is 0 Å². The van der Waals surface area contributed by atoms with E-state index in [1.165, 1.54) is 45.1 Å². The van der Waals surface area contributed by atoms with Gasteiger partial charge in [0.15, 0.2) is 0 Å². The Labute approximate surface area is 75.9 Å². The maximum absolute atomic E-state index is 3.53. The zero-order valence-electron chi connectivity index (χ0n) is 8.23. The third-order valence-corrected chi connectivity index (χ3v) is 3.84. The van der Waals surface area contributed by atoms with Crippen LogP contribution in [0.5, 0.6) is 0 Å². The highest BCUT2D eigenvalue weighted by Gasteiger charge is 2.48. The van der Waals surface area contributed by atoms with Crippen molar-refractivity contribution in [3.8, 4) is 0 Å². The molecule has 0 radical (unpaired) electrons. The molecule has 1 heteroatoms. The van der Waals surface area contributed by atoms with Crippen LogP contribution in [0.4, 0.5) is 0 Å². The van der Waals surface area contributed by atoms with Crippen molar-refractivity contribution in [1.29, 1.82) is 0 Å². The van der Waals surface area contributed by atoms with Crippen LogP contribution < -0.4 is 5.32 Å². The van der Waals surface area contributed by atoms with E-state index in [1.807, 2.05) is 0 Å². The predicted octanol–water partition coefficient (Wildman–Crippen LogP) is 2.57. The molecular weight excluding hydrogens is 146 g/mol. The fourth-order valence-electron chi connectivity index (χ4n) is 2.80. The van der Waals surface area contributed by atoms with Crippen molar-refractivity contribution < 1.29 is 0 Å². The lowest BCUT2D eigenvalue weighted by Gasteiger charge is -2.22. The van der Waals surface area contributed by atoms with Crippen LogP contribution in [0.2, 0.25) is 0 Å². The van der Waals surface area contributed by atoms with E-state index in [0.717, 1.165) is 17.9 Å². The third kappa shape index (κ3) is 1.52. The summed E-state index contributed by atoms with van der Waals surface area (Å²) in [6.45, 7) is 4.66. The molecule has 2 aliphatic rings. The topological polar surface area (TPSA) is 12.0 Å². The molecule has 0 spiro atoms. The number of nitrogens with one attached hydrogen (secondary N) is 1. The highest BCUT2D eigenvalue weighted by molar-refractivity contribution is 5.01. The molecule has 0 saturated heterocycles. The van der Waals surface area contributed by atoms with E-state index >= 15 is 0 Å². The maximum atomic E-state index is 3.53. The first-order valence-electron chi connectivity index (χ1n) is 5.58. The van der Waals surface area contributed by atoms with Gasteiger partial charge in [-0.3, -0.25) is 0 Å². The average molecular weight is 167 g/mol.